The molecular weight excluding hydrogens is 280 g/mol. The summed E-state index contributed by atoms with van der Waals surface area (Å²) in [7, 11) is 0. The molecule has 0 saturated heterocycles. The first-order valence-corrected chi connectivity index (χ1v) is 7.99. The average Bonchev–Trinajstić information content (AvgIpc) is 2.52. The van der Waals surface area contributed by atoms with Gasteiger partial charge < -0.3 is 10.6 Å². The van der Waals surface area contributed by atoms with Gasteiger partial charge in [-0.2, -0.15) is 5.48 Å². The fourth-order valence-electron chi connectivity index (χ4n) is 2.13. The van der Waals surface area contributed by atoms with Crippen molar-refractivity contribution in [2.75, 3.05) is 5.73 Å². The van der Waals surface area contributed by atoms with Crippen LogP contribution in [0.2, 0.25) is 0 Å². The number of unbranched alkanes of at least 4 members (excludes halogenated alkanes) is 6. The molecule has 0 aromatic heterocycles. The maximum Gasteiger partial charge on any atom is 0.365 e. The standard InChI is InChI=1S/C17H26N2O3/c1-2-3-4-5-6-7-8-13-16(20)19-22-17(21)14-11-9-10-12-15(14)18/h9-12H,2-8,13,18H2,1H3,(H,19,20). The van der Waals surface area contributed by atoms with Crippen LogP contribution in [0, 0.1) is 0 Å². The van der Waals surface area contributed by atoms with E-state index in [1.165, 1.54) is 25.7 Å². The molecule has 0 fully saturated rings. The normalized spacial score (nSPS) is 10.2. The number of nitrogen functional groups attached to an aromatic ring is 1. The summed E-state index contributed by atoms with van der Waals surface area (Å²) < 4.78 is 0. The van der Waals surface area contributed by atoms with Crippen molar-refractivity contribution in [1.29, 1.82) is 0 Å². The monoisotopic (exact) mass is 306 g/mol. The molecule has 1 amide bonds. The molecular formula is C17H26N2O3. The van der Waals surface area contributed by atoms with Crippen molar-refractivity contribution < 1.29 is 14.4 Å². The van der Waals surface area contributed by atoms with Gasteiger partial charge in [-0.05, 0) is 18.6 Å². The Balaban J connectivity index is 2.13. The molecule has 0 aliphatic rings. The summed E-state index contributed by atoms with van der Waals surface area (Å²) in [6, 6.07) is 6.58. The zero-order chi connectivity index (χ0) is 16.2. The van der Waals surface area contributed by atoms with Crippen LogP contribution < -0.4 is 11.2 Å². The molecule has 0 atom stereocenters. The lowest BCUT2D eigenvalue weighted by molar-refractivity contribution is -0.130. The van der Waals surface area contributed by atoms with Gasteiger partial charge in [0.2, 0.25) is 0 Å². The first-order chi connectivity index (χ1) is 10.6. The maximum atomic E-state index is 11.7. The van der Waals surface area contributed by atoms with Crippen LogP contribution >= 0.6 is 0 Å². The first kappa shape index (κ1) is 18.0. The van der Waals surface area contributed by atoms with Crippen molar-refractivity contribution in [3.8, 4) is 0 Å². The van der Waals surface area contributed by atoms with Crippen LogP contribution in [0.15, 0.2) is 24.3 Å². The van der Waals surface area contributed by atoms with Gasteiger partial charge in [0.05, 0.1) is 5.56 Å². The van der Waals surface area contributed by atoms with Crippen molar-refractivity contribution >= 4 is 17.6 Å². The molecule has 1 aromatic rings. The fourth-order valence-corrected chi connectivity index (χ4v) is 2.13. The number of carbonyl (C=O) groups excluding carboxylic acids is 2. The number of amides is 1. The van der Waals surface area contributed by atoms with Gasteiger partial charge >= 0.3 is 5.97 Å². The quantitative estimate of drug-likeness (QED) is 0.415. The third-order valence-corrected chi connectivity index (χ3v) is 3.45. The minimum atomic E-state index is -0.647. The van der Waals surface area contributed by atoms with Gasteiger partial charge in [0, 0.05) is 12.1 Å². The molecule has 0 radical (unpaired) electrons. The van der Waals surface area contributed by atoms with Crippen molar-refractivity contribution in [2.45, 2.75) is 58.3 Å². The van der Waals surface area contributed by atoms with Gasteiger partial charge in [0.25, 0.3) is 5.91 Å². The number of para-hydroxylation sites is 1. The lowest BCUT2D eigenvalue weighted by Gasteiger charge is -2.07. The molecule has 5 nitrogen and oxygen atoms in total. The van der Waals surface area contributed by atoms with Crippen LogP contribution in [0.1, 0.15) is 68.6 Å². The summed E-state index contributed by atoms with van der Waals surface area (Å²) in [5.41, 5.74) is 8.41. The van der Waals surface area contributed by atoms with Gasteiger partial charge in [-0.3, -0.25) is 4.79 Å². The number of rotatable bonds is 9. The highest BCUT2D eigenvalue weighted by Crippen LogP contribution is 2.11. The zero-order valence-corrected chi connectivity index (χ0v) is 13.3. The second kappa shape index (κ2) is 10.7. The Morgan fingerprint density at radius 1 is 1.05 bits per heavy atom. The average molecular weight is 306 g/mol. The second-order valence-corrected chi connectivity index (χ2v) is 5.37. The third kappa shape index (κ3) is 7.11. The SMILES string of the molecule is CCCCCCCCCC(=O)NOC(=O)c1ccccc1N. The Kier molecular flexibility index (Phi) is 8.72. The van der Waals surface area contributed by atoms with E-state index in [9.17, 15) is 9.59 Å². The largest absolute Gasteiger partial charge is 0.398 e. The Morgan fingerprint density at radius 3 is 2.36 bits per heavy atom. The van der Waals surface area contributed by atoms with E-state index >= 15 is 0 Å². The van der Waals surface area contributed by atoms with Crippen LogP contribution in [-0.4, -0.2) is 11.9 Å². The maximum absolute atomic E-state index is 11.7. The number of carbonyl (C=O) groups is 2. The molecule has 0 saturated carbocycles. The first-order valence-electron chi connectivity index (χ1n) is 7.99. The Morgan fingerprint density at radius 2 is 1.68 bits per heavy atom. The predicted octanol–water partition coefficient (Wildman–Crippen LogP) is 3.60. The highest BCUT2D eigenvalue weighted by atomic mass is 16.7. The van der Waals surface area contributed by atoms with E-state index < -0.39 is 5.97 Å². The Bertz CT molecular complexity index is 475. The van der Waals surface area contributed by atoms with E-state index in [4.69, 9.17) is 10.6 Å². The van der Waals surface area contributed by atoms with E-state index in [1.807, 2.05) is 0 Å². The summed E-state index contributed by atoms with van der Waals surface area (Å²) in [5, 5.41) is 0. The third-order valence-electron chi connectivity index (χ3n) is 3.45. The van der Waals surface area contributed by atoms with Crippen molar-refractivity contribution in [2.24, 2.45) is 0 Å². The molecule has 0 spiro atoms. The molecule has 0 unspecified atom stereocenters. The molecule has 5 heteroatoms. The smallest absolute Gasteiger partial charge is 0.365 e. The number of nitrogens with one attached hydrogen (secondary N) is 1. The van der Waals surface area contributed by atoms with Crippen molar-refractivity contribution in [1.82, 2.24) is 5.48 Å². The van der Waals surface area contributed by atoms with Crippen LogP contribution in [0.25, 0.3) is 0 Å². The molecule has 22 heavy (non-hydrogen) atoms. The van der Waals surface area contributed by atoms with Crippen LogP contribution in [-0.2, 0) is 9.63 Å². The molecule has 122 valence electrons. The summed E-state index contributed by atoms with van der Waals surface area (Å²) in [4.78, 5) is 28.1. The summed E-state index contributed by atoms with van der Waals surface area (Å²) in [5.74, 6) is -0.928. The van der Waals surface area contributed by atoms with Crippen molar-refractivity contribution in [3.05, 3.63) is 29.8 Å². The minimum absolute atomic E-state index is 0.249. The van der Waals surface area contributed by atoms with E-state index in [2.05, 4.69) is 12.4 Å². The van der Waals surface area contributed by atoms with Crippen LogP contribution in [0.4, 0.5) is 5.69 Å². The van der Waals surface area contributed by atoms with Crippen LogP contribution in [0.3, 0.4) is 0 Å². The minimum Gasteiger partial charge on any atom is -0.398 e. The number of nitrogens with two attached hydrogens (primary N) is 1. The number of anilines is 1. The van der Waals surface area contributed by atoms with E-state index in [0.717, 1.165) is 19.3 Å². The number of benzene rings is 1. The van der Waals surface area contributed by atoms with Gasteiger partial charge in [-0.25, -0.2) is 4.79 Å². The fraction of sp³-hybridized carbons (Fsp3) is 0.529. The lowest BCUT2D eigenvalue weighted by atomic mass is 10.1. The van der Waals surface area contributed by atoms with E-state index in [1.54, 1.807) is 24.3 Å². The summed E-state index contributed by atoms with van der Waals surface area (Å²) in [6.45, 7) is 2.19. The summed E-state index contributed by atoms with van der Waals surface area (Å²) >= 11 is 0. The predicted molar refractivity (Wildman–Crippen MR) is 87.0 cm³/mol. The van der Waals surface area contributed by atoms with E-state index in [-0.39, 0.29) is 11.5 Å². The number of hydrogen-bond acceptors (Lipinski definition) is 4. The van der Waals surface area contributed by atoms with Crippen LogP contribution in [0.5, 0.6) is 0 Å². The lowest BCUT2D eigenvalue weighted by Crippen LogP contribution is -2.27. The molecule has 3 N–H and O–H groups in total. The molecule has 1 rings (SSSR count). The second-order valence-electron chi connectivity index (χ2n) is 5.37. The van der Waals surface area contributed by atoms with Gasteiger partial charge in [0.15, 0.2) is 0 Å². The number of hydroxylamine groups is 1. The molecule has 0 bridgehead atoms. The topological polar surface area (TPSA) is 81.4 Å². The number of hydrogen-bond donors (Lipinski definition) is 2. The Hall–Kier alpha value is -2.04. The zero-order valence-electron chi connectivity index (χ0n) is 13.3. The molecule has 0 aliphatic carbocycles. The van der Waals surface area contributed by atoms with Gasteiger partial charge in [-0.15, -0.1) is 0 Å². The highest BCUT2D eigenvalue weighted by Gasteiger charge is 2.12. The highest BCUT2D eigenvalue weighted by molar-refractivity contribution is 5.95. The van der Waals surface area contributed by atoms with Crippen molar-refractivity contribution in [3.63, 3.8) is 0 Å². The van der Waals surface area contributed by atoms with Gasteiger partial charge in [-0.1, -0.05) is 57.6 Å². The molecule has 0 heterocycles. The molecule has 0 aliphatic heterocycles. The summed E-state index contributed by atoms with van der Waals surface area (Å²) in [6.07, 6.45) is 8.34. The van der Waals surface area contributed by atoms with Gasteiger partial charge in [0.1, 0.15) is 0 Å². The molecule has 1 aromatic carbocycles. The van der Waals surface area contributed by atoms with E-state index in [0.29, 0.717) is 12.1 Å². The Labute approximate surface area is 132 Å².